The van der Waals surface area contributed by atoms with E-state index in [0.717, 1.165) is 24.3 Å². The van der Waals surface area contributed by atoms with E-state index < -0.39 is 0 Å². The zero-order valence-corrected chi connectivity index (χ0v) is 13.7. The molecule has 5 nitrogen and oxygen atoms in total. The Labute approximate surface area is 139 Å². The number of halogens is 1. The van der Waals surface area contributed by atoms with Crippen molar-refractivity contribution < 1.29 is 18.5 Å². The Morgan fingerprint density at radius 3 is 2.86 bits per heavy atom. The van der Waals surface area contributed by atoms with Gasteiger partial charge < -0.3 is 18.6 Å². The highest BCUT2D eigenvalue weighted by atomic mass is 35.5. The Morgan fingerprint density at radius 1 is 1.32 bits per heavy atom. The zero-order chi connectivity index (χ0) is 15.4. The lowest BCUT2D eigenvalue weighted by Gasteiger charge is -2.29. The molecule has 2 aliphatic rings. The van der Waals surface area contributed by atoms with Crippen molar-refractivity contribution in [1.29, 1.82) is 0 Å². The van der Waals surface area contributed by atoms with Gasteiger partial charge in [-0.15, -0.1) is 11.6 Å². The third kappa shape index (κ3) is 3.62. The number of hydrogen-bond donors (Lipinski definition) is 0. The van der Waals surface area contributed by atoms with Crippen molar-refractivity contribution >= 4 is 35.2 Å². The second-order valence-electron chi connectivity index (χ2n) is 5.15. The topological polar surface area (TPSA) is 48.0 Å². The van der Waals surface area contributed by atoms with Gasteiger partial charge in [-0.2, -0.15) is 0 Å². The van der Waals surface area contributed by atoms with Gasteiger partial charge in [0, 0.05) is 17.5 Å². The van der Waals surface area contributed by atoms with Gasteiger partial charge in [0.2, 0.25) is 5.91 Å². The summed E-state index contributed by atoms with van der Waals surface area (Å²) in [6.07, 6.45) is 2.07. The summed E-state index contributed by atoms with van der Waals surface area (Å²) in [4.78, 5) is 13.9. The lowest BCUT2D eigenvalue weighted by atomic mass is 10.1. The normalized spacial score (nSPS) is 20.5. The first-order chi connectivity index (χ1) is 10.8. The third-order valence-corrected chi connectivity index (χ3v) is 4.69. The van der Waals surface area contributed by atoms with E-state index in [1.807, 2.05) is 18.2 Å². The number of carbonyl (C=O) groups is 1. The number of carbonyl (C=O) groups excluding carboxylic acids is 1. The van der Waals surface area contributed by atoms with Crippen molar-refractivity contribution in [2.45, 2.75) is 18.9 Å². The third-order valence-electron chi connectivity index (χ3n) is 3.60. The summed E-state index contributed by atoms with van der Waals surface area (Å²) in [5.74, 6) is 2.17. The molecule has 0 saturated carbocycles. The first-order valence-corrected chi connectivity index (χ1v) is 8.76. The lowest BCUT2D eigenvalue weighted by molar-refractivity contribution is -0.116. The smallest absolute Gasteiger partial charge is 0.241 e. The van der Waals surface area contributed by atoms with Crippen LogP contribution in [0.1, 0.15) is 12.8 Å². The summed E-state index contributed by atoms with van der Waals surface area (Å²) in [6, 6.07) is 5.51. The monoisotopic (exact) mass is 343 g/mol. The summed E-state index contributed by atoms with van der Waals surface area (Å²) in [6.45, 7) is 1.56. The summed E-state index contributed by atoms with van der Waals surface area (Å²) in [5, 5.41) is 0. The number of alkyl halides is 1. The molecule has 3 rings (SSSR count). The Morgan fingerprint density at radius 2 is 2.14 bits per heavy atom. The van der Waals surface area contributed by atoms with E-state index in [0.29, 0.717) is 31.3 Å². The van der Waals surface area contributed by atoms with Gasteiger partial charge in [0.15, 0.2) is 11.5 Å². The molecule has 0 spiro atoms. The maximum Gasteiger partial charge on any atom is 0.241 e. The van der Waals surface area contributed by atoms with E-state index in [9.17, 15) is 4.79 Å². The van der Waals surface area contributed by atoms with Crippen molar-refractivity contribution in [1.82, 2.24) is 0 Å². The zero-order valence-electron chi connectivity index (χ0n) is 12.1. The van der Waals surface area contributed by atoms with Gasteiger partial charge in [0.05, 0.1) is 12.6 Å². The highest BCUT2D eigenvalue weighted by Gasteiger charge is 2.24. The first-order valence-electron chi connectivity index (χ1n) is 7.32. The molecule has 2 heterocycles. The molecule has 1 unspecified atom stereocenters. The number of benzene rings is 1. The predicted molar refractivity (Wildman–Crippen MR) is 87.1 cm³/mol. The molecule has 22 heavy (non-hydrogen) atoms. The van der Waals surface area contributed by atoms with Crippen LogP contribution in [0.4, 0.5) is 5.69 Å². The SMILES string of the molecule is O=C(CCl)N(CC1CCCSO1)c1ccc2c(c1)OCCO2. The Bertz CT molecular complexity index is 536. The van der Waals surface area contributed by atoms with E-state index in [-0.39, 0.29) is 17.9 Å². The molecule has 1 aromatic carbocycles. The van der Waals surface area contributed by atoms with Crippen LogP contribution in [0.5, 0.6) is 11.5 Å². The summed E-state index contributed by atoms with van der Waals surface area (Å²) >= 11 is 7.23. The van der Waals surface area contributed by atoms with E-state index in [1.165, 1.54) is 12.0 Å². The van der Waals surface area contributed by atoms with Crippen LogP contribution in [0, 0.1) is 0 Å². The van der Waals surface area contributed by atoms with Crippen molar-refractivity contribution in [2.24, 2.45) is 0 Å². The number of anilines is 1. The predicted octanol–water partition coefficient (Wildman–Crippen LogP) is 2.86. The summed E-state index contributed by atoms with van der Waals surface area (Å²) in [5.41, 5.74) is 0.758. The number of amides is 1. The van der Waals surface area contributed by atoms with Gasteiger partial charge in [0.25, 0.3) is 0 Å². The minimum atomic E-state index is -0.141. The van der Waals surface area contributed by atoms with Gasteiger partial charge in [0.1, 0.15) is 19.1 Å². The van der Waals surface area contributed by atoms with Gasteiger partial charge in [-0.3, -0.25) is 4.79 Å². The molecule has 0 bridgehead atoms. The maximum atomic E-state index is 12.2. The van der Waals surface area contributed by atoms with Crippen LogP contribution in [-0.2, 0) is 8.98 Å². The second-order valence-corrected chi connectivity index (χ2v) is 6.25. The van der Waals surface area contributed by atoms with E-state index >= 15 is 0 Å². The Hall–Kier alpha value is -1.11. The Kier molecular flexibility index (Phi) is 5.33. The maximum absolute atomic E-state index is 12.2. The quantitative estimate of drug-likeness (QED) is 0.621. The molecule has 1 fully saturated rings. The molecule has 7 heteroatoms. The lowest BCUT2D eigenvalue weighted by Crippen LogP contribution is -2.39. The Balaban J connectivity index is 1.80. The first kappa shape index (κ1) is 15.8. The number of nitrogens with zero attached hydrogens (tertiary/aromatic N) is 1. The van der Waals surface area contributed by atoms with Crippen LogP contribution in [-0.4, -0.2) is 43.4 Å². The fraction of sp³-hybridized carbons (Fsp3) is 0.533. The number of ether oxygens (including phenoxy) is 2. The van der Waals surface area contributed by atoms with Crippen LogP contribution >= 0.6 is 23.6 Å². The molecule has 2 aliphatic heterocycles. The summed E-state index contributed by atoms with van der Waals surface area (Å²) < 4.78 is 16.8. The van der Waals surface area contributed by atoms with Crippen LogP contribution in [0.15, 0.2) is 18.2 Å². The van der Waals surface area contributed by atoms with Gasteiger partial charge >= 0.3 is 0 Å². The molecule has 0 aromatic heterocycles. The van der Waals surface area contributed by atoms with Gasteiger partial charge in [-0.1, -0.05) is 0 Å². The van der Waals surface area contributed by atoms with Crippen LogP contribution < -0.4 is 14.4 Å². The van der Waals surface area contributed by atoms with Crippen LogP contribution in [0.2, 0.25) is 0 Å². The standard InChI is InChI=1S/C15H18ClNO4S/c16-9-15(18)17(10-12-2-1-7-22-21-12)11-3-4-13-14(8-11)20-6-5-19-13/h3-4,8,12H,1-2,5-7,9-10H2. The largest absolute Gasteiger partial charge is 0.486 e. The molecule has 1 atom stereocenters. The van der Waals surface area contributed by atoms with E-state index in [1.54, 1.807) is 4.90 Å². The van der Waals surface area contributed by atoms with E-state index in [4.69, 9.17) is 25.3 Å². The molecule has 0 radical (unpaired) electrons. The average molecular weight is 344 g/mol. The molecule has 1 aromatic rings. The van der Waals surface area contributed by atoms with Crippen LogP contribution in [0.3, 0.4) is 0 Å². The van der Waals surface area contributed by atoms with Crippen molar-refractivity contribution in [3.05, 3.63) is 18.2 Å². The van der Waals surface area contributed by atoms with Gasteiger partial charge in [-0.25, -0.2) is 0 Å². The molecule has 1 amide bonds. The molecule has 1 saturated heterocycles. The average Bonchev–Trinajstić information content (AvgIpc) is 2.59. The summed E-state index contributed by atoms with van der Waals surface area (Å²) in [7, 11) is 0. The molecular weight excluding hydrogens is 326 g/mol. The van der Waals surface area contributed by atoms with Gasteiger partial charge in [-0.05, 0) is 37.0 Å². The minimum Gasteiger partial charge on any atom is -0.486 e. The fourth-order valence-corrected chi connectivity index (χ4v) is 3.39. The highest BCUT2D eigenvalue weighted by Crippen LogP contribution is 2.34. The second kappa shape index (κ2) is 7.44. The van der Waals surface area contributed by atoms with Crippen LogP contribution in [0.25, 0.3) is 0 Å². The van der Waals surface area contributed by atoms with Crippen molar-refractivity contribution in [3.8, 4) is 11.5 Å². The number of hydrogen-bond acceptors (Lipinski definition) is 5. The minimum absolute atomic E-state index is 0.0270. The molecule has 120 valence electrons. The number of rotatable bonds is 4. The van der Waals surface area contributed by atoms with Crippen molar-refractivity contribution in [2.75, 3.05) is 36.3 Å². The molecule has 0 N–H and O–H groups in total. The number of fused-ring (bicyclic) bond motifs is 1. The van der Waals surface area contributed by atoms with Crippen molar-refractivity contribution in [3.63, 3.8) is 0 Å². The fourth-order valence-electron chi connectivity index (χ4n) is 2.51. The van der Waals surface area contributed by atoms with E-state index in [2.05, 4.69) is 0 Å². The molecule has 0 aliphatic carbocycles. The highest BCUT2D eigenvalue weighted by molar-refractivity contribution is 7.94. The molecular formula is C15H18ClNO4S.